The number of ether oxygens (including phenoxy) is 1. The van der Waals surface area contributed by atoms with Gasteiger partial charge in [0.25, 0.3) is 0 Å². The third-order valence-electron chi connectivity index (χ3n) is 1.51. The number of benzene rings is 1. The Hall–Kier alpha value is -1.60. The maximum absolute atomic E-state index is 11.4. The number of esters is 2. The van der Waals surface area contributed by atoms with Gasteiger partial charge in [-0.25, -0.2) is 9.59 Å². The highest BCUT2D eigenvalue weighted by atomic mass is 79.9. The number of hydrogen-bond donors (Lipinski definition) is 0. The van der Waals surface area contributed by atoms with Crippen LogP contribution in [0.25, 0.3) is 0 Å². The fourth-order valence-electron chi connectivity index (χ4n) is 0.893. The van der Waals surface area contributed by atoms with Crippen molar-refractivity contribution in [2.45, 2.75) is 6.92 Å². The molecule has 3 nitrogen and oxygen atoms in total. The molecule has 0 saturated heterocycles. The second-order valence-corrected chi connectivity index (χ2v) is 3.39. The second-order valence-electron chi connectivity index (χ2n) is 2.53. The van der Waals surface area contributed by atoms with Gasteiger partial charge in [0.1, 0.15) is 0 Å². The van der Waals surface area contributed by atoms with Crippen LogP contribution in [0.5, 0.6) is 0 Å². The Labute approximate surface area is 95.6 Å². The normalized spacial score (nSPS) is 8.67. The first-order valence-corrected chi connectivity index (χ1v) is 4.88. The van der Waals surface area contributed by atoms with Crippen LogP contribution in [0, 0.1) is 11.8 Å². The van der Waals surface area contributed by atoms with E-state index in [1.807, 2.05) is 0 Å². The number of hydrogen-bond acceptors (Lipinski definition) is 3. The van der Waals surface area contributed by atoms with E-state index in [9.17, 15) is 9.59 Å². The van der Waals surface area contributed by atoms with Crippen molar-refractivity contribution in [3.05, 3.63) is 34.3 Å². The maximum Gasteiger partial charge on any atom is 0.392 e. The minimum Gasteiger partial charge on any atom is -0.379 e. The summed E-state index contributed by atoms with van der Waals surface area (Å²) in [4.78, 5) is 22.3. The molecule has 1 rings (SSSR count). The Balaban J connectivity index is 2.81. The van der Waals surface area contributed by atoms with Gasteiger partial charge in [0, 0.05) is 10.4 Å². The van der Waals surface area contributed by atoms with Gasteiger partial charge < -0.3 is 4.74 Å². The van der Waals surface area contributed by atoms with E-state index in [0.29, 0.717) is 10.0 Å². The first kappa shape index (κ1) is 11.5. The van der Waals surface area contributed by atoms with Gasteiger partial charge in [0.2, 0.25) is 0 Å². The van der Waals surface area contributed by atoms with E-state index in [-0.39, 0.29) is 0 Å². The molecule has 0 aliphatic carbocycles. The standard InChI is InChI=1S/C11H7BrO3/c1-2-5-10(13)15-11(14)8-6-3-4-7-9(8)12/h3-4,6-7H,1H3. The SMILES string of the molecule is CC#CC(=O)OC(=O)c1ccccc1Br. The maximum atomic E-state index is 11.4. The molecule has 0 atom stereocenters. The molecule has 0 aromatic heterocycles. The van der Waals surface area contributed by atoms with Crippen molar-refractivity contribution in [2.24, 2.45) is 0 Å². The summed E-state index contributed by atoms with van der Waals surface area (Å²) in [5.74, 6) is 2.91. The van der Waals surface area contributed by atoms with Gasteiger partial charge >= 0.3 is 11.9 Å². The van der Waals surface area contributed by atoms with Crippen molar-refractivity contribution in [2.75, 3.05) is 0 Å². The fourth-order valence-corrected chi connectivity index (χ4v) is 1.34. The summed E-state index contributed by atoms with van der Waals surface area (Å²) in [7, 11) is 0. The molecule has 0 aliphatic heterocycles. The first-order chi connectivity index (χ1) is 7.15. The summed E-state index contributed by atoms with van der Waals surface area (Å²) in [6, 6.07) is 6.68. The van der Waals surface area contributed by atoms with Crippen molar-refractivity contribution < 1.29 is 14.3 Å². The average Bonchev–Trinajstić information content (AvgIpc) is 2.18. The quantitative estimate of drug-likeness (QED) is 0.339. The summed E-state index contributed by atoms with van der Waals surface area (Å²) in [6.07, 6.45) is 0. The Morgan fingerprint density at radius 2 is 2.00 bits per heavy atom. The zero-order chi connectivity index (χ0) is 11.3. The van der Waals surface area contributed by atoms with Crippen LogP contribution >= 0.6 is 15.9 Å². The van der Waals surface area contributed by atoms with Crippen LogP contribution in [0.15, 0.2) is 28.7 Å². The van der Waals surface area contributed by atoms with E-state index in [1.165, 1.54) is 6.92 Å². The molecule has 1 aromatic rings. The highest BCUT2D eigenvalue weighted by Gasteiger charge is 2.13. The van der Waals surface area contributed by atoms with E-state index in [2.05, 4.69) is 32.5 Å². The Morgan fingerprint density at radius 3 is 2.60 bits per heavy atom. The predicted molar refractivity (Wildman–Crippen MR) is 58.0 cm³/mol. The third-order valence-corrected chi connectivity index (χ3v) is 2.20. The molecule has 0 aliphatic rings. The minimum absolute atomic E-state index is 0.295. The molecule has 15 heavy (non-hydrogen) atoms. The average molecular weight is 267 g/mol. The molecule has 0 saturated carbocycles. The minimum atomic E-state index is -0.849. The largest absolute Gasteiger partial charge is 0.392 e. The van der Waals surface area contributed by atoms with Crippen LogP contribution in [-0.4, -0.2) is 11.9 Å². The number of carbonyl (C=O) groups excluding carboxylic acids is 2. The molecule has 0 bridgehead atoms. The lowest BCUT2D eigenvalue weighted by Crippen LogP contribution is -2.11. The lowest BCUT2D eigenvalue weighted by Gasteiger charge is -2.00. The highest BCUT2D eigenvalue weighted by molar-refractivity contribution is 9.10. The molecule has 0 amide bonds. The number of halogens is 1. The van der Waals surface area contributed by atoms with Gasteiger partial charge in [0.05, 0.1) is 5.56 Å². The van der Waals surface area contributed by atoms with E-state index in [0.717, 1.165) is 0 Å². The summed E-state index contributed by atoms with van der Waals surface area (Å²) in [6.45, 7) is 1.49. The van der Waals surface area contributed by atoms with Gasteiger partial charge in [-0.3, -0.25) is 0 Å². The van der Waals surface area contributed by atoms with Crippen LogP contribution in [0.2, 0.25) is 0 Å². The summed E-state index contributed by atoms with van der Waals surface area (Å²) < 4.78 is 5.05. The van der Waals surface area contributed by atoms with Crippen molar-refractivity contribution in [1.29, 1.82) is 0 Å². The predicted octanol–water partition coefficient (Wildman–Crippen LogP) is 2.16. The molecule has 1 aromatic carbocycles. The fraction of sp³-hybridized carbons (Fsp3) is 0.0909. The van der Waals surface area contributed by atoms with E-state index < -0.39 is 11.9 Å². The highest BCUT2D eigenvalue weighted by Crippen LogP contribution is 2.16. The zero-order valence-corrected chi connectivity index (χ0v) is 9.50. The molecule has 0 unspecified atom stereocenters. The number of rotatable bonds is 1. The molecule has 0 fully saturated rings. The molecule has 76 valence electrons. The first-order valence-electron chi connectivity index (χ1n) is 4.08. The van der Waals surface area contributed by atoms with Crippen molar-refractivity contribution >= 4 is 27.9 Å². The van der Waals surface area contributed by atoms with Gasteiger partial charge in [-0.1, -0.05) is 18.1 Å². The molecule has 0 radical (unpaired) electrons. The van der Waals surface area contributed by atoms with Gasteiger partial charge in [0.15, 0.2) is 0 Å². The summed E-state index contributed by atoms with van der Waals surface area (Å²) in [5.41, 5.74) is 0.295. The van der Waals surface area contributed by atoms with Crippen LogP contribution in [0.4, 0.5) is 0 Å². The van der Waals surface area contributed by atoms with E-state index in [1.54, 1.807) is 24.3 Å². The van der Waals surface area contributed by atoms with Crippen LogP contribution in [0.3, 0.4) is 0 Å². The second kappa shape index (κ2) is 5.32. The van der Waals surface area contributed by atoms with E-state index >= 15 is 0 Å². The molecular weight excluding hydrogens is 260 g/mol. The molecular formula is C11H7BrO3. The Kier molecular flexibility index (Phi) is 4.07. The van der Waals surface area contributed by atoms with Crippen molar-refractivity contribution in [3.63, 3.8) is 0 Å². The Morgan fingerprint density at radius 1 is 1.33 bits per heavy atom. The molecule has 0 N–H and O–H groups in total. The summed E-state index contributed by atoms with van der Waals surface area (Å²) in [5, 5.41) is 0. The van der Waals surface area contributed by atoms with Crippen LogP contribution in [0.1, 0.15) is 17.3 Å². The van der Waals surface area contributed by atoms with Crippen LogP contribution < -0.4 is 0 Å². The lowest BCUT2D eigenvalue weighted by atomic mass is 10.2. The summed E-state index contributed by atoms with van der Waals surface area (Å²) >= 11 is 3.18. The van der Waals surface area contributed by atoms with Crippen molar-refractivity contribution in [1.82, 2.24) is 0 Å². The number of carbonyl (C=O) groups is 2. The topological polar surface area (TPSA) is 43.4 Å². The third kappa shape index (κ3) is 3.22. The lowest BCUT2D eigenvalue weighted by molar-refractivity contribution is -0.131. The van der Waals surface area contributed by atoms with Gasteiger partial charge in [-0.05, 0) is 35.0 Å². The zero-order valence-electron chi connectivity index (χ0n) is 7.91. The Bertz CT molecular complexity index is 454. The van der Waals surface area contributed by atoms with Crippen molar-refractivity contribution in [3.8, 4) is 11.8 Å². The van der Waals surface area contributed by atoms with E-state index in [4.69, 9.17) is 0 Å². The smallest absolute Gasteiger partial charge is 0.379 e. The van der Waals surface area contributed by atoms with Crippen LogP contribution in [-0.2, 0) is 9.53 Å². The molecule has 0 heterocycles. The van der Waals surface area contributed by atoms with Gasteiger partial charge in [-0.15, -0.1) is 0 Å². The monoisotopic (exact) mass is 266 g/mol. The molecule has 0 spiro atoms. The molecule has 4 heteroatoms. The van der Waals surface area contributed by atoms with Gasteiger partial charge in [-0.2, -0.15) is 0 Å².